The van der Waals surface area contributed by atoms with E-state index >= 15 is 0 Å². The van der Waals surface area contributed by atoms with Gasteiger partial charge in [-0.05, 0) is 36.6 Å². The van der Waals surface area contributed by atoms with Gasteiger partial charge in [-0.3, -0.25) is 4.79 Å². The van der Waals surface area contributed by atoms with Crippen LogP contribution in [0.2, 0.25) is 0 Å². The predicted molar refractivity (Wildman–Crippen MR) is 92.3 cm³/mol. The number of amides is 1. The molecule has 2 aromatic rings. The molecule has 1 amide bonds. The first kappa shape index (κ1) is 16.8. The average Bonchev–Trinajstić information content (AvgIpc) is 3.08. The number of hydrogen-bond donors (Lipinski definition) is 2. The van der Waals surface area contributed by atoms with Crippen LogP contribution in [0.15, 0.2) is 36.4 Å². The second-order valence-electron chi connectivity index (χ2n) is 5.69. The Hall–Kier alpha value is -3.02. The van der Waals surface area contributed by atoms with Gasteiger partial charge < -0.3 is 19.9 Å². The Labute approximate surface area is 145 Å². The van der Waals surface area contributed by atoms with E-state index in [0.29, 0.717) is 12.1 Å². The van der Waals surface area contributed by atoms with E-state index < -0.39 is 5.97 Å². The molecule has 0 saturated carbocycles. The van der Waals surface area contributed by atoms with Crippen LogP contribution in [-0.2, 0) is 17.6 Å². The molecule has 6 nitrogen and oxygen atoms in total. The summed E-state index contributed by atoms with van der Waals surface area (Å²) in [5.74, 6) is 0.199. The molecule has 0 aromatic heterocycles. The number of fused-ring (bicyclic) bond motifs is 1. The topological polar surface area (TPSA) is 84.9 Å². The number of hydrogen-bond acceptors (Lipinski definition) is 4. The van der Waals surface area contributed by atoms with Crippen molar-refractivity contribution in [1.29, 1.82) is 0 Å². The van der Waals surface area contributed by atoms with Gasteiger partial charge in [-0.1, -0.05) is 25.1 Å². The maximum absolute atomic E-state index is 12.2. The van der Waals surface area contributed by atoms with Crippen molar-refractivity contribution >= 4 is 17.6 Å². The molecule has 130 valence electrons. The van der Waals surface area contributed by atoms with E-state index in [1.807, 2.05) is 19.1 Å². The van der Waals surface area contributed by atoms with Gasteiger partial charge in [-0.25, -0.2) is 4.79 Å². The maximum Gasteiger partial charge on any atom is 0.337 e. The summed E-state index contributed by atoms with van der Waals surface area (Å²) in [4.78, 5) is 23.4. The first-order chi connectivity index (χ1) is 12.1. The second kappa shape index (κ2) is 7.25. The third-order valence-electron chi connectivity index (χ3n) is 4.15. The number of carbonyl (C=O) groups is 2. The van der Waals surface area contributed by atoms with Gasteiger partial charge in [0.05, 0.1) is 11.3 Å². The molecule has 2 aromatic carbocycles. The summed E-state index contributed by atoms with van der Waals surface area (Å²) >= 11 is 0. The van der Waals surface area contributed by atoms with E-state index in [1.165, 1.54) is 6.07 Å². The van der Waals surface area contributed by atoms with Crippen LogP contribution in [-0.4, -0.2) is 23.8 Å². The SMILES string of the molecule is CCc1c(CCC(=O)Nc2ccccc2C(=O)O)ccc2c1OCO2. The first-order valence-electron chi connectivity index (χ1n) is 8.12. The van der Waals surface area contributed by atoms with Crippen LogP contribution in [0.3, 0.4) is 0 Å². The number of carboxylic acids is 1. The summed E-state index contributed by atoms with van der Waals surface area (Å²) in [6, 6.07) is 10.2. The Bertz CT molecular complexity index is 815. The molecule has 0 spiro atoms. The minimum Gasteiger partial charge on any atom is -0.478 e. The summed E-state index contributed by atoms with van der Waals surface area (Å²) in [5.41, 5.74) is 2.47. The van der Waals surface area contributed by atoms with Crippen molar-refractivity contribution in [3.63, 3.8) is 0 Å². The molecule has 0 atom stereocenters. The summed E-state index contributed by atoms with van der Waals surface area (Å²) < 4.78 is 10.9. The molecule has 0 saturated heterocycles. The Kier molecular flexibility index (Phi) is 4.88. The third kappa shape index (κ3) is 3.57. The molecule has 1 aliphatic heterocycles. The third-order valence-corrected chi connectivity index (χ3v) is 4.15. The Balaban J connectivity index is 1.69. The Morgan fingerprint density at radius 1 is 1.16 bits per heavy atom. The molecule has 3 rings (SSSR count). The molecular weight excluding hydrogens is 322 g/mol. The van der Waals surface area contributed by atoms with Crippen molar-refractivity contribution in [2.24, 2.45) is 0 Å². The van der Waals surface area contributed by atoms with E-state index in [9.17, 15) is 9.59 Å². The molecule has 0 radical (unpaired) electrons. The van der Waals surface area contributed by atoms with Gasteiger partial charge in [0.25, 0.3) is 0 Å². The normalized spacial score (nSPS) is 12.0. The molecule has 0 bridgehead atoms. The number of anilines is 1. The number of nitrogens with one attached hydrogen (secondary N) is 1. The molecule has 0 unspecified atom stereocenters. The highest BCUT2D eigenvalue weighted by molar-refractivity contribution is 6.00. The van der Waals surface area contributed by atoms with E-state index in [2.05, 4.69) is 5.32 Å². The zero-order chi connectivity index (χ0) is 17.8. The molecule has 25 heavy (non-hydrogen) atoms. The minimum absolute atomic E-state index is 0.0770. The number of rotatable bonds is 6. The first-order valence-corrected chi connectivity index (χ1v) is 8.12. The van der Waals surface area contributed by atoms with Crippen molar-refractivity contribution in [1.82, 2.24) is 0 Å². The smallest absolute Gasteiger partial charge is 0.337 e. The Morgan fingerprint density at radius 3 is 2.72 bits per heavy atom. The lowest BCUT2D eigenvalue weighted by atomic mass is 9.99. The van der Waals surface area contributed by atoms with Gasteiger partial charge in [-0.2, -0.15) is 0 Å². The molecule has 0 aliphatic carbocycles. The van der Waals surface area contributed by atoms with E-state index in [4.69, 9.17) is 14.6 Å². The van der Waals surface area contributed by atoms with Crippen LogP contribution in [0.25, 0.3) is 0 Å². The van der Waals surface area contributed by atoms with Crippen molar-refractivity contribution < 1.29 is 24.2 Å². The maximum atomic E-state index is 12.2. The monoisotopic (exact) mass is 341 g/mol. The summed E-state index contributed by atoms with van der Waals surface area (Å²) in [7, 11) is 0. The van der Waals surface area contributed by atoms with Crippen LogP contribution >= 0.6 is 0 Å². The van der Waals surface area contributed by atoms with Gasteiger partial charge >= 0.3 is 5.97 Å². The highest BCUT2D eigenvalue weighted by Gasteiger charge is 2.20. The fraction of sp³-hybridized carbons (Fsp3) is 0.263. The highest BCUT2D eigenvalue weighted by Crippen LogP contribution is 2.38. The van der Waals surface area contributed by atoms with E-state index in [1.54, 1.807) is 18.2 Å². The number of para-hydroxylation sites is 1. The predicted octanol–water partition coefficient (Wildman–Crippen LogP) is 3.25. The van der Waals surface area contributed by atoms with Gasteiger partial charge in [0.2, 0.25) is 12.7 Å². The number of benzene rings is 2. The average molecular weight is 341 g/mol. The number of carboxylic acid groups (broad SMARTS) is 1. The zero-order valence-electron chi connectivity index (χ0n) is 13.9. The Morgan fingerprint density at radius 2 is 1.96 bits per heavy atom. The second-order valence-corrected chi connectivity index (χ2v) is 5.69. The summed E-state index contributed by atoms with van der Waals surface area (Å²) in [6.45, 7) is 2.25. The minimum atomic E-state index is -1.07. The van der Waals surface area contributed by atoms with Crippen LogP contribution < -0.4 is 14.8 Å². The molecule has 6 heteroatoms. The van der Waals surface area contributed by atoms with E-state index in [-0.39, 0.29) is 24.7 Å². The van der Waals surface area contributed by atoms with Crippen molar-refractivity contribution in [2.75, 3.05) is 12.1 Å². The van der Waals surface area contributed by atoms with Crippen LogP contribution in [0.1, 0.15) is 34.8 Å². The fourth-order valence-corrected chi connectivity index (χ4v) is 2.93. The van der Waals surface area contributed by atoms with Gasteiger partial charge in [-0.15, -0.1) is 0 Å². The lowest BCUT2D eigenvalue weighted by molar-refractivity contribution is -0.116. The lowest BCUT2D eigenvalue weighted by Crippen LogP contribution is -2.15. The lowest BCUT2D eigenvalue weighted by Gasteiger charge is -2.12. The van der Waals surface area contributed by atoms with Crippen LogP contribution in [0.4, 0.5) is 5.69 Å². The molecule has 2 N–H and O–H groups in total. The summed E-state index contributed by atoms with van der Waals surface area (Å²) in [6.07, 6.45) is 1.58. The molecule has 1 heterocycles. The van der Waals surface area contributed by atoms with Crippen LogP contribution in [0, 0.1) is 0 Å². The van der Waals surface area contributed by atoms with Crippen molar-refractivity contribution in [3.05, 3.63) is 53.1 Å². The number of ether oxygens (including phenoxy) is 2. The summed E-state index contributed by atoms with van der Waals surface area (Å²) in [5, 5.41) is 11.8. The standard InChI is InChI=1S/C19H19NO5/c1-2-13-12(7-9-16-18(13)25-11-24-16)8-10-17(21)20-15-6-4-3-5-14(15)19(22)23/h3-7,9H,2,8,10-11H2,1H3,(H,20,21)(H,22,23). The fourth-order valence-electron chi connectivity index (χ4n) is 2.93. The number of aryl methyl sites for hydroxylation is 1. The highest BCUT2D eigenvalue weighted by atomic mass is 16.7. The largest absolute Gasteiger partial charge is 0.478 e. The van der Waals surface area contributed by atoms with Gasteiger partial charge in [0.15, 0.2) is 11.5 Å². The number of carbonyl (C=O) groups excluding carboxylic acids is 1. The van der Waals surface area contributed by atoms with Crippen LogP contribution in [0.5, 0.6) is 11.5 Å². The van der Waals surface area contributed by atoms with Crippen molar-refractivity contribution in [3.8, 4) is 11.5 Å². The zero-order valence-corrected chi connectivity index (χ0v) is 13.9. The van der Waals surface area contributed by atoms with Crippen molar-refractivity contribution in [2.45, 2.75) is 26.2 Å². The van der Waals surface area contributed by atoms with Gasteiger partial charge in [0.1, 0.15) is 0 Å². The van der Waals surface area contributed by atoms with E-state index in [0.717, 1.165) is 29.0 Å². The quantitative estimate of drug-likeness (QED) is 0.842. The number of aromatic carboxylic acids is 1. The molecule has 0 fully saturated rings. The molecule has 1 aliphatic rings. The van der Waals surface area contributed by atoms with Gasteiger partial charge in [0, 0.05) is 12.0 Å². The molecular formula is C19H19NO5.